The van der Waals surface area contributed by atoms with Crippen LogP contribution in [0.15, 0.2) is 30.3 Å². The number of aromatic nitrogens is 5. The molecule has 0 radical (unpaired) electrons. The summed E-state index contributed by atoms with van der Waals surface area (Å²) < 4.78 is 21.0. The van der Waals surface area contributed by atoms with Gasteiger partial charge in [0.05, 0.1) is 12.8 Å². The minimum absolute atomic E-state index is 0.279. The van der Waals surface area contributed by atoms with Gasteiger partial charge in [0.15, 0.2) is 11.3 Å². The fourth-order valence-electron chi connectivity index (χ4n) is 2.75. The Kier molecular flexibility index (Phi) is 3.16. The monoisotopic (exact) mass is 323 g/mol. The lowest BCUT2D eigenvalue weighted by Gasteiger charge is -2.08. The van der Waals surface area contributed by atoms with Gasteiger partial charge < -0.3 is 4.74 Å². The van der Waals surface area contributed by atoms with Crippen LogP contribution in [0.3, 0.4) is 0 Å². The second-order valence-electron chi connectivity index (χ2n) is 5.49. The molecule has 0 bridgehead atoms. The zero-order valence-corrected chi connectivity index (χ0v) is 13.4. The third-order valence-corrected chi connectivity index (χ3v) is 4.03. The number of hydrogen-bond acceptors (Lipinski definition) is 5. The lowest BCUT2D eigenvalue weighted by atomic mass is 10.1. The molecule has 4 rings (SSSR count). The molecule has 3 aromatic heterocycles. The highest BCUT2D eigenvalue weighted by Gasteiger charge is 2.18. The van der Waals surface area contributed by atoms with Gasteiger partial charge in [-0.2, -0.15) is 4.98 Å². The summed E-state index contributed by atoms with van der Waals surface area (Å²) >= 11 is 0. The Morgan fingerprint density at radius 1 is 1.00 bits per heavy atom. The average Bonchev–Trinajstić information content (AvgIpc) is 2.94. The molecular weight excluding hydrogens is 309 g/mol. The second kappa shape index (κ2) is 5.23. The predicted molar refractivity (Wildman–Crippen MR) is 87.5 cm³/mol. The third kappa shape index (κ3) is 2.01. The van der Waals surface area contributed by atoms with E-state index < -0.39 is 0 Å². The Hall–Kier alpha value is -3.09. The number of benzene rings is 1. The van der Waals surface area contributed by atoms with Gasteiger partial charge in [-0.05, 0) is 31.5 Å². The number of nitrogens with zero attached hydrogens (tertiary/aromatic N) is 5. The molecule has 1 aromatic carbocycles. The molecule has 0 N–H and O–H groups in total. The zero-order valence-electron chi connectivity index (χ0n) is 13.4. The minimum Gasteiger partial charge on any atom is -0.481 e. The van der Waals surface area contributed by atoms with Crippen molar-refractivity contribution in [2.24, 2.45) is 0 Å². The number of ether oxygens (including phenoxy) is 1. The first-order valence-corrected chi connectivity index (χ1v) is 7.42. The van der Waals surface area contributed by atoms with Crippen molar-refractivity contribution in [1.82, 2.24) is 24.6 Å². The number of fused-ring (bicyclic) bond motifs is 3. The van der Waals surface area contributed by atoms with E-state index in [9.17, 15) is 4.39 Å². The van der Waals surface area contributed by atoms with Crippen molar-refractivity contribution in [3.63, 3.8) is 0 Å². The van der Waals surface area contributed by atoms with Gasteiger partial charge in [0.25, 0.3) is 0 Å². The van der Waals surface area contributed by atoms with Crippen LogP contribution in [-0.2, 0) is 0 Å². The Morgan fingerprint density at radius 2 is 1.83 bits per heavy atom. The number of aryl methyl sites for hydroxylation is 1. The van der Waals surface area contributed by atoms with E-state index in [1.54, 1.807) is 36.6 Å². The Bertz CT molecular complexity index is 1090. The number of pyridine rings is 1. The van der Waals surface area contributed by atoms with Crippen LogP contribution >= 0.6 is 0 Å². The van der Waals surface area contributed by atoms with Crippen LogP contribution < -0.4 is 4.74 Å². The van der Waals surface area contributed by atoms with Crippen LogP contribution in [0.1, 0.15) is 11.3 Å². The van der Waals surface area contributed by atoms with Crippen molar-refractivity contribution < 1.29 is 9.13 Å². The molecule has 120 valence electrons. The van der Waals surface area contributed by atoms with Gasteiger partial charge in [0, 0.05) is 11.6 Å². The van der Waals surface area contributed by atoms with E-state index >= 15 is 0 Å². The molecule has 0 aliphatic heterocycles. The molecule has 3 heterocycles. The first-order chi connectivity index (χ1) is 11.6. The van der Waals surface area contributed by atoms with Crippen molar-refractivity contribution in [2.75, 3.05) is 7.11 Å². The van der Waals surface area contributed by atoms with Crippen molar-refractivity contribution in [3.8, 4) is 17.3 Å². The summed E-state index contributed by atoms with van der Waals surface area (Å²) in [5, 5.41) is 8.43. The zero-order chi connectivity index (χ0) is 16.8. The molecular formula is C17H14FN5O. The summed E-state index contributed by atoms with van der Waals surface area (Å²) in [5.41, 5.74) is 3.68. The van der Waals surface area contributed by atoms with Gasteiger partial charge in [-0.15, -0.1) is 10.2 Å². The normalized spacial score (nSPS) is 11.3. The molecule has 6 nitrogen and oxygen atoms in total. The lowest BCUT2D eigenvalue weighted by Crippen LogP contribution is -2.01. The Balaban J connectivity index is 2.16. The summed E-state index contributed by atoms with van der Waals surface area (Å²) in [6.07, 6.45) is 0. The molecule has 0 fully saturated rings. The molecule has 4 aromatic rings. The second-order valence-corrected chi connectivity index (χ2v) is 5.49. The van der Waals surface area contributed by atoms with Gasteiger partial charge in [-0.25, -0.2) is 9.37 Å². The van der Waals surface area contributed by atoms with Crippen LogP contribution in [0.5, 0.6) is 5.88 Å². The van der Waals surface area contributed by atoms with Crippen LogP contribution in [0.25, 0.3) is 28.2 Å². The minimum atomic E-state index is -0.279. The SMILES string of the molecule is COc1ccc2nnc3c(C)nc(-c4cccc(F)c4C)n3c2n1. The summed E-state index contributed by atoms with van der Waals surface area (Å²) in [4.78, 5) is 9.06. The Labute approximate surface area is 137 Å². The molecule has 0 amide bonds. The molecule has 0 aliphatic rings. The fourth-order valence-corrected chi connectivity index (χ4v) is 2.75. The Morgan fingerprint density at radius 3 is 2.62 bits per heavy atom. The highest BCUT2D eigenvalue weighted by molar-refractivity contribution is 5.78. The number of methoxy groups -OCH3 is 1. The summed E-state index contributed by atoms with van der Waals surface area (Å²) in [6, 6.07) is 8.43. The van der Waals surface area contributed by atoms with Gasteiger partial charge in [0.2, 0.25) is 5.88 Å². The summed E-state index contributed by atoms with van der Waals surface area (Å²) in [7, 11) is 1.55. The highest BCUT2D eigenvalue weighted by atomic mass is 19.1. The fraction of sp³-hybridized carbons (Fsp3) is 0.176. The smallest absolute Gasteiger partial charge is 0.215 e. The maximum Gasteiger partial charge on any atom is 0.215 e. The summed E-state index contributed by atoms with van der Waals surface area (Å²) in [5.74, 6) is 0.768. The quantitative estimate of drug-likeness (QED) is 0.567. The number of halogens is 1. The van der Waals surface area contributed by atoms with Gasteiger partial charge in [0.1, 0.15) is 17.2 Å². The average molecular weight is 323 g/mol. The van der Waals surface area contributed by atoms with Crippen molar-refractivity contribution in [1.29, 1.82) is 0 Å². The van der Waals surface area contributed by atoms with Gasteiger partial charge >= 0.3 is 0 Å². The van der Waals surface area contributed by atoms with E-state index in [0.717, 1.165) is 0 Å². The van der Waals surface area contributed by atoms with Crippen molar-refractivity contribution >= 4 is 16.8 Å². The molecule has 0 unspecified atom stereocenters. The predicted octanol–water partition coefficient (Wildman–Crippen LogP) is 3.10. The van der Waals surface area contributed by atoms with Crippen LogP contribution in [0.4, 0.5) is 4.39 Å². The van der Waals surface area contributed by atoms with Gasteiger partial charge in [-0.1, -0.05) is 12.1 Å². The number of imidazole rings is 1. The standard InChI is InChI=1S/C17H14FN5O/c1-9-11(5-4-6-12(9)18)16-19-10(2)15-22-21-13-7-8-14(24-3)20-17(13)23(15)16/h4-8H,1-3H3. The van der Waals surface area contributed by atoms with E-state index in [4.69, 9.17) is 4.74 Å². The lowest BCUT2D eigenvalue weighted by molar-refractivity contribution is 0.399. The maximum atomic E-state index is 14.0. The third-order valence-electron chi connectivity index (χ3n) is 4.03. The van der Waals surface area contributed by atoms with E-state index in [0.29, 0.717) is 45.3 Å². The topological polar surface area (TPSA) is 65.2 Å². The summed E-state index contributed by atoms with van der Waals surface area (Å²) in [6.45, 7) is 3.57. The number of rotatable bonds is 2. The molecule has 0 aliphatic carbocycles. The molecule has 0 saturated carbocycles. The van der Waals surface area contributed by atoms with Crippen LogP contribution in [-0.4, -0.2) is 31.7 Å². The van der Waals surface area contributed by atoms with Crippen molar-refractivity contribution in [2.45, 2.75) is 13.8 Å². The largest absolute Gasteiger partial charge is 0.481 e. The van der Waals surface area contributed by atoms with E-state index in [2.05, 4.69) is 20.2 Å². The molecule has 0 saturated heterocycles. The molecule has 0 spiro atoms. The van der Waals surface area contributed by atoms with E-state index in [1.807, 2.05) is 13.0 Å². The first-order valence-electron chi connectivity index (χ1n) is 7.42. The van der Waals surface area contributed by atoms with Gasteiger partial charge in [-0.3, -0.25) is 4.40 Å². The van der Waals surface area contributed by atoms with E-state index in [1.165, 1.54) is 6.07 Å². The molecule has 24 heavy (non-hydrogen) atoms. The van der Waals surface area contributed by atoms with Crippen molar-refractivity contribution in [3.05, 3.63) is 47.4 Å². The molecule has 7 heteroatoms. The van der Waals surface area contributed by atoms with Crippen LogP contribution in [0, 0.1) is 19.7 Å². The molecule has 0 atom stereocenters. The van der Waals surface area contributed by atoms with E-state index in [-0.39, 0.29) is 5.82 Å². The van der Waals surface area contributed by atoms with Crippen LogP contribution in [0.2, 0.25) is 0 Å². The number of hydrogen-bond donors (Lipinski definition) is 0. The first kappa shape index (κ1) is 14.5. The maximum absolute atomic E-state index is 14.0. The highest BCUT2D eigenvalue weighted by Crippen LogP contribution is 2.28.